The number of carboxylic acid groups (broad SMARTS) is 1. The highest BCUT2D eigenvalue weighted by molar-refractivity contribution is 5.74. The van der Waals surface area contributed by atoms with Crippen molar-refractivity contribution >= 4 is 5.97 Å². The first-order valence-corrected chi connectivity index (χ1v) is 6.33. The van der Waals surface area contributed by atoms with E-state index in [1.54, 1.807) is 13.0 Å². The van der Waals surface area contributed by atoms with Crippen molar-refractivity contribution < 1.29 is 20.1 Å². The Morgan fingerprint density at radius 2 is 2.11 bits per heavy atom. The Morgan fingerprint density at radius 3 is 2.63 bits per heavy atom. The second kappa shape index (κ2) is 4.74. The predicted octanol–water partition coefficient (Wildman–Crippen LogP) is 1.96. The van der Waals surface area contributed by atoms with Crippen molar-refractivity contribution in [3.05, 3.63) is 23.8 Å². The number of nitrogens with zero attached hydrogens (tertiary/aromatic N) is 1. The van der Waals surface area contributed by atoms with Crippen LogP contribution in [0.2, 0.25) is 0 Å². The summed E-state index contributed by atoms with van der Waals surface area (Å²) in [5.41, 5.74) is -0.0201. The van der Waals surface area contributed by atoms with Gasteiger partial charge in [-0.05, 0) is 32.9 Å². The number of likely N-dealkylation sites (tertiary alicyclic amines) is 1. The van der Waals surface area contributed by atoms with Gasteiger partial charge in [0.25, 0.3) is 0 Å². The van der Waals surface area contributed by atoms with Crippen LogP contribution >= 0.6 is 0 Å². The molecule has 2 atom stereocenters. The number of phenols is 2. The lowest BCUT2D eigenvalue weighted by Crippen LogP contribution is -2.32. The Bertz CT molecular complexity index is 502. The topological polar surface area (TPSA) is 81.0 Å². The van der Waals surface area contributed by atoms with E-state index in [9.17, 15) is 20.1 Å². The van der Waals surface area contributed by atoms with Gasteiger partial charge in [0, 0.05) is 24.2 Å². The van der Waals surface area contributed by atoms with Gasteiger partial charge in [0.2, 0.25) is 0 Å². The molecule has 0 aromatic heterocycles. The molecule has 104 valence electrons. The second-order valence-electron chi connectivity index (χ2n) is 5.51. The molecule has 1 aromatic carbocycles. The van der Waals surface area contributed by atoms with E-state index in [4.69, 9.17) is 0 Å². The van der Waals surface area contributed by atoms with Crippen LogP contribution in [-0.2, 0) is 4.79 Å². The summed E-state index contributed by atoms with van der Waals surface area (Å²) in [6, 6.07) is 4.42. The van der Waals surface area contributed by atoms with Gasteiger partial charge in [-0.3, -0.25) is 9.69 Å². The molecule has 0 bridgehead atoms. The van der Waals surface area contributed by atoms with Crippen LogP contribution in [0.5, 0.6) is 11.5 Å². The van der Waals surface area contributed by atoms with Gasteiger partial charge in [0.05, 0.1) is 5.41 Å². The van der Waals surface area contributed by atoms with Crippen LogP contribution in [0.3, 0.4) is 0 Å². The first kappa shape index (κ1) is 13.7. The highest BCUT2D eigenvalue weighted by atomic mass is 16.4. The summed E-state index contributed by atoms with van der Waals surface area (Å²) in [7, 11) is 0. The van der Waals surface area contributed by atoms with Gasteiger partial charge >= 0.3 is 5.97 Å². The molecule has 0 radical (unpaired) electrons. The average Bonchev–Trinajstić information content (AvgIpc) is 2.73. The van der Waals surface area contributed by atoms with Gasteiger partial charge in [0.1, 0.15) is 11.5 Å². The van der Waals surface area contributed by atoms with Gasteiger partial charge < -0.3 is 15.3 Å². The summed E-state index contributed by atoms with van der Waals surface area (Å²) in [6.45, 7) is 4.83. The number of carboxylic acids is 1. The van der Waals surface area contributed by atoms with Crippen molar-refractivity contribution in [2.24, 2.45) is 5.41 Å². The van der Waals surface area contributed by atoms with Gasteiger partial charge in [-0.15, -0.1) is 0 Å². The van der Waals surface area contributed by atoms with E-state index in [0.29, 0.717) is 25.1 Å². The fraction of sp³-hybridized carbons (Fsp3) is 0.500. The zero-order valence-electron chi connectivity index (χ0n) is 11.1. The monoisotopic (exact) mass is 265 g/mol. The molecule has 0 amide bonds. The van der Waals surface area contributed by atoms with Crippen LogP contribution in [0.15, 0.2) is 18.2 Å². The van der Waals surface area contributed by atoms with E-state index in [1.165, 1.54) is 12.1 Å². The highest BCUT2D eigenvalue weighted by Crippen LogP contribution is 2.38. The minimum absolute atomic E-state index is 0.0187. The summed E-state index contributed by atoms with van der Waals surface area (Å²) >= 11 is 0. The van der Waals surface area contributed by atoms with E-state index >= 15 is 0 Å². The minimum Gasteiger partial charge on any atom is -0.508 e. The molecule has 1 heterocycles. The first-order chi connectivity index (χ1) is 8.83. The van der Waals surface area contributed by atoms with Crippen LogP contribution in [0.1, 0.15) is 31.9 Å². The van der Waals surface area contributed by atoms with E-state index in [1.807, 2.05) is 11.8 Å². The van der Waals surface area contributed by atoms with Crippen molar-refractivity contribution in [3.8, 4) is 11.5 Å². The molecular formula is C14H19NO4. The molecule has 0 saturated carbocycles. The largest absolute Gasteiger partial charge is 0.508 e. The maximum absolute atomic E-state index is 11.2. The van der Waals surface area contributed by atoms with Crippen molar-refractivity contribution in [2.75, 3.05) is 13.1 Å². The smallest absolute Gasteiger partial charge is 0.310 e. The van der Waals surface area contributed by atoms with Gasteiger partial charge in [0.15, 0.2) is 0 Å². The number of aliphatic carboxylic acids is 1. The fourth-order valence-electron chi connectivity index (χ4n) is 2.58. The molecule has 0 aliphatic carbocycles. The molecule has 1 saturated heterocycles. The van der Waals surface area contributed by atoms with Crippen LogP contribution in [0, 0.1) is 5.41 Å². The van der Waals surface area contributed by atoms with Crippen LogP contribution in [0.4, 0.5) is 0 Å². The number of carbonyl (C=O) groups is 1. The molecule has 5 heteroatoms. The Balaban J connectivity index is 2.17. The quantitative estimate of drug-likeness (QED) is 0.778. The highest BCUT2D eigenvalue weighted by Gasteiger charge is 2.42. The number of benzene rings is 1. The van der Waals surface area contributed by atoms with E-state index in [-0.39, 0.29) is 17.5 Å². The molecule has 19 heavy (non-hydrogen) atoms. The third-order valence-electron chi connectivity index (χ3n) is 4.03. The third-order valence-corrected chi connectivity index (χ3v) is 4.03. The fourth-order valence-corrected chi connectivity index (χ4v) is 2.58. The van der Waals surface area contributed by atoms with E-state index in [0.717, 1.165) is 0 Å². The van der Waals surface area contributed by atoms with Crippen LogP contribution < -0.4 is 0 Å². The molecule has 2 unspecified atom stereocenters. The Hall–Kier alpha value is -1.75. The molecule has 1 aliphatic heterocycles. The summed E-state index contributed by atoms with van der Waals surface area (Å²) in [5.74, 6) is -0.723. The van der Waals surface area contributed by atoms with Crippen molar-refractivity contribution in [2.45, 2.75) is 26.3 Å². The average molecular weight is 265 g/mol. The molecular weight excluding hydrogens is 246 g/mol. The number of aromatic hydroxyl groups is 2. The lowest BCUT2D eigenvalue weighted by Gasteiger charge is -2.26. The third kappa shape index (κ3) is 2.51. The van der Waals surface area contributed by atoms with E-state index in [2.05, 4.69) is 0 Å². The molecule has 2 rings (SSSR count). The molecule has 3 N–H and O–H groups in total. The molecule has 1 aliphatic rings. The standard InChI is InChI=1S/C14H19NO4/c1-9(11-4-3-10(16)7-12(11)17)15-6-5-14(2,8-15)13(18)19/h3-4,7,9,16-17H,5-6,8H2,1-2H3,(H,18,19). The SMILES string of the molecule is CC(c1ccc(O)cc1O)N1CCC(C)(C(=O)O)C1. The lowest BCUT2D eigenvalue weighted by atomic mass is 9.90. The zero-order valence-corrected chi connectivity index (χ0v) is 11.1. The van der Waals surface area contributed by atoms with Gasteiger partial charge in [-0.1, -0.05) is 6.07 Å². The maximum Gasteiger partial charge on any atom is 0.310 e. The predicted molar refractivity (Wildman–Crippen MR) is 70.1 cm³/mol. The van der Waals surface area contributed by atoms with E-state index < -0.39 is 11.4 Å². The number of phenolic OH excluding ortho intramolecular Hbond substituents is 2. The number of hydrogen-bond donors (Lipinski definition) is 3. The molecule has 5 nitrogen and oxygen atoms in total. The second-order valence-corrected chi connectivity index (χ2v) is 5.51. The number of rotatable bonds is 3. The Labute approximate surface area is 112 Å². The van der Waals surface area contributed by atoms with Gasteiger partial charge in [-0.2, -0.15) is 0 Å². The summed E-state index contributed by atoms with van der Waals surface area (Å²) < 4.78 is 0. The Kier molecular flexibility index (Phi) is 3.41. The summed E-state index contributed by atoms with van der Waals surface area (Å²) in [6.07, 6.45) is 0.603. The first-order valence-electron chi connectivity index (χ1n) is 6.33. The molecule has 1 aromatic rings. The van der Waals surface area contributed by atoms with Crippen LogP contribution in [-0.4, -0.2) is 39.3 Å². The van der Waals surface area contributed by atoms with Crippen molar-refractivity contribution in [1.29, 1.82) is 0 Å². The Morgan fingerprint density at radius 1 is 1.42 bits per heavy atom. The van der Waals surface area contributed by atoms with Gasteiger partial charge in [-0.25, -0.2) is 0 Å². The number of hydrogen-bond acceptors (Lipinski definition) is 4. The normalized spacial score (nSPS) is 25.4. The lowest BCUT2D eigenvalue weighted by molar-refractivity contribution is -0.147. The minimum atomic E-state index is -0.780. The zero-order chi connectivity index (χ0) is 14.2. The van der Waals surface area contributed by atoms with Crippen LogP contribution in [0.25, 0.3) is 0 Å². The van der Waals surface area contributed by atoms with Crippen molar-refractivity contribution in [3.63, 3.8) is 0 Å². The maximum atomic E-state index is 11.2. The van der Waals surface area contributed by atoms with Crippen molar-refractivity contribution in [1.82, 2.24) is 4.90 Å². The molecule has 1 fully saturated rings. The summed E-state index contributed by atoms with van der Waals surface area (Å²) in [5, 5.41) is 28.4. The summed E-state index contributed by atoms with van der Waals surface area (Å²) in [4.78, 5) is 13.3. The molecule has 0 spiro atoms.